The molecular formula is C21H26FO6S-. The van der Waals surface area contributed by atoms with E-state index in [-0.39, 0.29) is 11.3 Å². The lowest BCUT2D eigenvalue weighted by Crippen LogP contribution is -2.60. The summed E-state index contributed by atoms with van der Waals surface area (Å²) in [6, 6.07) is 3.76. The van der Waals surface area contributed by atoms with E-state index < -0.39 is 39.9 Å². The SMILES string of the molecule is CCC1(Oc2cc(C(=O)OCCS(=O)(=O)[O-])ccc2F)C2CC3CC(C2)CC1C3. The molecule has 5 rings (SSSR count). The van der Waals surface area contributed by atoms with Gasteiger partial charge in [-0.05, 0) is 80.4 Å². The third-order valence-corrected chi connectivity index (χ3v) is 7.77. The molecule has 4 saturated carbocycles. The number of rotatable bonds is 7. The summed E-state index contributed by atoms with van der Waals surface area (Å²) in [6.07, 6.45) is 6.57. The summed E-state index contributed by atoms with van der Waals surface area (Å²) in [5.41, 5.74) is -0.340. The van der Waals surface area contributed by atoms with Crippen LogP contribution in [0, 0.1) is 29.5 Å². The second kappa shape index (κ2) is 7.54. The minimum absolute atomic E-state index is 0.0326. The normalized spacial score (nSPS) is 32.9. The lowest BCUT2D eigenvalue weighted by Gasteiger charge is -2.60. The van der Waals surface area contributed by atoms with Crippen LogP contribution in [0.25, 0.3) is 0 Å². The summed E-state index contributed by atoms with van der Waals surface area (Å²) in [5, 5.41) is 0. The van der Waals surface area contributed by atoms with Crippen LogP contribution in [0.5, 0.6) is 5.75 Å². The Morgan fingerprint density at radius 1 is 1.17 bits per heavy atom. The first-order valence-corrected chi connectivity index (χ1v) is 11.9. The van der Waals surface area contributed by atoms with Crippen molar-refractivity contribution in [3.63, 3.8) is 0 Å². The van der Waals surface area contributed by atoms with Gasteiger partial charge in [0.2, 0.25) is 0 Å². The molecule has 0 unspecified atom stereocenters. The Hall–Kier alpha value is -1.67. The molecule has 0 spiro atoms. The number of halogens is 1. The molecule has 1 aromatic rings. The van der Waals surface area contributed by atoms with Crippen LogP contribution in [0.2, 0.25) is 0 Å². The summed E-state index contributed by atoms with van der Waals surface area (Å²) in [6.45, 7) is 1.55. The van der Waals surface area contributed by atoms with E-state index in [9.17, 15) is 22.2 Å². The van der Waals surface area contributed by atoms with Crippen LogP contribution in [0.3, 0.4) is 0 Å². The fourth-order valence-electron chi connectivity index (χ4n) is 6.03. The highest BCUT2D eigenvalue weighted by atomic mass is 32.2. The van der Waals surface area contributed by atoms with E-state index in [1.54, 1.807) is 0 Å². The fraction of sp³-hybridized carbons (Fsp3) is 0.667. The summed E-state index contributed by atoms with van der Waals surface area (Å²) in [4.78, 5) is 12.2. The van der Waals surface area contributed by atoms with Crippen molar-refractivity contribution in [3.05, 3.63) is 29.6 Å². The largest absolute Gasteiger partial charge is 0.748 e. The molecule has 4 aliphatic rings. The summed E-state index contributed by atoms with van der Waals surface area (Å²) in [7, 11) is -4.47. The standard InChI is InChI=1S/C21H27FO6S/c1-2-21(16-8-13-7-14(10-16)11-17(21)9-13)28-19-12-15(3-4-18(19)22)20(23)27-5-6-29(24,25)26/h3-4,12-14,16-17H,2,5-11H2,1H3,(H,24,25,26)/p-1. The van der Waals surface area contributed by atoms with Crippen LogP contribution < -0.4 is 4.74 Å². The van der Waals surface area contributed by atoms with Crippen molar-refractivity contribution in [1.82, 2.24) is 0 Å². The van der Waals surface area contributed by atoms with Gasteiger partial charge < -0.3 is 14.0 Å². The number of esters is 1. The predicted octanol–water partition coefficient (Wildman–Crippen LogP) is 3.51. The lowest BCUT2D eigenvalue weighted by molar-refractivity contribution is -0.159. The summed E-state index contributed by atoms with van der Waals surface area (Å²) in [5.74, 6) is 0.202. The average molecular weight is 425 g/mol. The van der Waals surface area contributed by atoms with E-state index >= 15 is 0 Å². The van der Waals surface area contributed by atoms with Crippen molar-refractivity contribution >= 4 is 16.1 Å². The van der Waals surface area contributed by atoms with Gasteiger partial charge in [0.05, 0.1) is 21.4 Å². The van der Waals surface area contributed by atoms with Gasteiger partial charge in [0, 0.05) is 0 Å². The zero-order valence-corrected chi connectivity index (χ0v) is 17.3. The predicted molar refractivity (Wildman–Crippen MR) is 102 cm³/mol. The Morgan fingerprint density at radius 3 is 2.34 bits per heavy atom. The maximum absolute atomic E-state index is 14.6. The molecule has 0 saturated heterocycles. The number of hydrogen-bond acceptors (Lipinski definition) is 6. The second-order valence-corrected chi connectivity index (χ2v) is 10.3. The van der Waals surface area contributed by atoms with Crippen molar-refractivity contribution in [2.24, 2.45) is 23.7 Å². The van der Waals surface area contributed by atoms with Gasteiger partial charge in [-0.3, -0.25) is 0 Å². The van der Waals surface area contributed by atoms with E-state index in [0.29, 0.717) is 11.8 Å². The average Bonchev–Trinajstić information content (AvgIpc) is 2.64. The van der Waals surface area contributed by atoms with Gasteiger partial charge in [-0.25, -0.2) is 17.6 Å². The maximum Gasteiger partial charge on any atom is 0.338 e. The van der Waals surface area contributed by atoms with Gasteiger partial charge in [-0.15, -0.1) is 0 Å². The number of ether oxygens (including phenoxy) is 2. The fourth-order valence-corrected chi connectivity index (χ4v) is 6.32. The first-order chi connectivity index (χ1) is 13.7. The molecule has 8 heteroatoms. The van der Waals surface area contributed by atoms with E-state index in [4.69, 9.17) is 9.47 Å². The highest BCUT2D eigenvalue weighted by molar-refractivity contribution is 7.85. The molecule has 0 heterocycles. The monoisotopic (exact) mass is 425 g/mol. The molecule has 4 bridgehead atoms. The summed E-state index contributed by atoms with van der Waals surface area (Å²) >= 11 is 0. The highest BCUT2D eigenvalue weighted by Gasteiger charge is 2.58. The van der Waals surface area contributed by atoms with E-state index in [1.165, 1.54) is 18.6 Å². The minimum atomic E-state index is -4.47. The van der Waals surface area contributed by atoms with Crippen LogP contribution in [0.15, 0.2) is 18.2 Å². The molecule has 0 amide bonds. The molecule has 160 valence electrons. The van der Waals surface area contributed by atoms with Crippen molar-refractivity contribution in [1.29, 1.82) is 0 Å². The number of carbonyl (C=O) groups is 1. The molecule has 0 atom stereocenters. The molecule has 0 radical (unpaired) electrons. The third-order valence-electron chi connectivity index (χ3n) is 7.11. The molecule has 6 nitrogen and oxygen atoms in total. The molecule has 0 aromatic heterocycles. The molecule has 0 N–H and O–H groups in total. The lowest BCUT2D eigenvalue weighted by atomic mass is 9.49. The van der Waals surface area contributed by atoms with E-state index in [0.717, 1.165) is 50.0 Å². The summed E-state index contributed by atoms with van der Waals surface area (Å²) < 4.78 is 57.7. The number of benzene rings is 1. The van der Waals surface area contributed by atoms with Crippen molar-refractivity contribution < 1.29 is 31.6 Å². The van der Waals surface area contributed by atoms with Crippen LogP contribution in [-0.4, -0.2) is 36.9 Å². The van der Waals surface area contributed by atoms with Crippen molar-refractivity contribution in [2.75, 3.05) is 12.4 Å². The molecule has 4 aliphatic carbocycles. The van der Waals surface area contributed by atoms with Gasteiger partial charge in [0.25, 0.3) is 0 Å². The Labute approximate surface area is 170 Å². The maximum atomic E-state index is 14.6. The smallest absolute Gasteiger partial charge is 0.338 e. The van der Waals surface area contributed by atoms with E-state index in [1.807, 2.05) is 0 Å². The van der Waals surface area contributed by atoms with Crippen molar-refractivity contribution in [3.8, 4) is 5.75 Å². The van der Waals surface area contributed by atoms with Crippen LogP contribution in [0.1, 0.15) is 55.8 Å². The Bertz CT molecular complexity index is 868. The Kier molecular flexibility index (Phi) is 5.36. The first kappa shape index (κ1) is 20.6. The quantitative estimate of drug-likeness (QED) is 0.490. The Balaban J connectivity index is 1.52. The van der Waals surface area contributed by atoms with Crippen molar-refractivity contribution in [2.45, 2.75) is 51.0 Å². The van der Waals surface area contributed by atoms with Crippen LogP contribution >= 0.6 is 0 Å². The van der Waals surface area contributed by atoms with Gasteiger partial charge in [-0.1, -0.05) is 6.92 Å². The second-order valence-electron chi connectivity index (χ2n) is 8.76. The van der Waals surface area contributed by atoms with Gasteiger partial charge in [0.1, 0.15) is 12.2 Å². The number of hydrogen-bond donors (Lipinski definition) is 0. The van der Waals surface area contributed by atoms with Gasteiger partial charge in [-0.2, -0.15) is 0 Å². The van der Waals surface area contributed by atoms with Crippen LogP contribution in [0.4, 0.5) is 4.39 Å². The van der Waals surface area contributed by atoms with E-state index in [2.05, 4.69) is 6.92 Å². The minimum Gasteiger partial charge on any atom is -0.748 e. The zero-order valence-electron chi connectivity index (χ0n) is 16.4. The first-order valence-electron chi connectivity index (χ1n) is 10.3. The molecule has 1 aromatic carbocycles. The molecular weight excluding hydrogens is 399 g/mol. The van der Waals surface area contributed by atoms with Gasteiger partial charge in [0.15, 0.2) is 11.6 Å². The third kappa shape index (κ3) is 4.01. The molecule has 0 aliphatic heterocycles. The van der Waals surface area contributed by atoms with Gasteiger partial charge >= 0.3 is 5.97 Å². The topological polar surface area (TPSA) is 92.7 Å². The Morgan fingerprint density at radius 2 is 1.79 bits per heavy atom. The zero-order chi connectivity index (χ0) is 20.8. The highest BCUT2D eigenvalue weighted by Crippen LogP contribution is 2.60. The van der Waals surface area contributed by atoms with Crippen LogP contribution in [-0.2, 0) is 14.9 Å². The molecule has 4 fully saturated rings. The molecule has 29 heavy (non-hydrogen) atoms. The number of carbonyl (C=O) groups excluding carboxylic acids is 1.